The Morgan fingerprint density at radius 2 is 1.31 bits per heavy atom. The first-order valence-corrected chi connectivity index (χ1v) is 16.9. The zero-order valence-corrected chi connectivity index (χ0v) is 28.6. The average Bonchev–Trinajstić information content (AvgIpc) is 3.84. The molecule has 2 saturated carbocycles. The lowest BCUT2D eigenvalue weighted by atomic mass is 10.2. The van der Waals surface area contributed by atoms with Crippen LogP contribution in [0.3, 0.4) is 0 Å². The minimum absolute atomic E-state index is 0.00136. The van der Waals surface area contributed by atoms with Crippen molar-refractivity contribution >= 4 is 28.8 Å². The van der Waals surface area contributed by atoms with E-state index in [9.17, 15) is 31.1 Å². The summed E-state index contributed by atoms with van der Waals surface area (Å²) < 4.78 is 95.5. The monoisotopic (exact) mass is 728 g/mol. The van der Waals surface area contributed by atoms with E-state index in [1.165, 1.54) is 21.3 Å². The summed E-state index contributed by atoms with van der Waals surface area (Å²) in [5.41, 5.74) is 0.529. The van der Waals surface area contributed by atoms with E-state index in [2.05, 4.69) is 25.5 Å². The maximum Gasteiger partial charge on any atom is 0.414 e. The number of carbonyl (C=O) groups excluding carboxylic acids is 1. The van der Waals surface area contributed by atoms with E-state index in [-0.39, 0.29) is 36.0 Å². The Balaban J connectivity index is 0.000000205. The topological polar surface area (TPSA) is 120 Å². The number of ether oxygens (including phenoxy) is 3. The normalized spacial score (nSPS) is 15.9. The molecule has 0 bridgehead atoms. The van der Waals surface area contributed by atoms with Crippen molar-refractivity contribution < 1.29 is 45.3 Å². The number of rotatable bonds is 10. The summed E-state index contributed by atoms with van der Waals surface area (Å²) in [5, 5.41) is 11.4. The van der Waals surface area contributed by atoms with Crippen LogP contribution in [0.1, 0.15) is 85.0 Å². The van der Waals surface area contributed by atoms with Crippen molar-refractivity contribution in [1.82, 2.24) is 29.2 Å². The molecular weight excluding hydrogens is 686 g/mol. The van der Waals surface area contributed by atoms with E-state index in [1.54, 1.807) is 45.4 Å². The van der Waals surface area contributed by atoms with Gasteiger partial charge in [-0.1, -0.05) is 0 Å². The molecule has 0 atom stereocenters. The molecule has 2 fully saturated rings. The maximum atomic E-state index is 12.9. The summed E-state index contributed by atoms with van der Waals surface area (Å²) in [5.74, 6) is 0.643. The molecule has 0 aliphatic heterocycles. The van der Waals surface area contributed by atoms with Gasteiger partial charge in [0, 0.05) is 50.0 Å². The second-order valence-electron chi connectivity index (χ2n) is 13.5. The number of aromatic nitrogens is 6. The van der Waals surface area contributed by atoms with Gasteiger partial charge in [0.1, 0.15) is 17.8 Å². The van der Waals surface area contributed by atoms with E-state index in [0.29, 0.717) is 17.2 Å². The molecule has 2 aliphatic carbocycles. The Morgan fingerprint density at radius 3 is 1.84 bits per heavy atom. The summed E-state index contributed by atoms with van der Waals surface area (Å²) in [7, 11) is 0. The number of imidazole rings is 2. The van der Waals surface area contributed by atoms with Crippen molar-refractivity contribution in [3.8, 4) is 11.8 Å². The third-order valence-electron chi connectivity index (χ3n) is 8.08. The fourth-order valence-electron chi connectivity index (χ4n) is 5.77. The Morgan fingerprint density at radius 1 is 0.804 bits per heavy atom. The standard InChI is InChI=1S/C19H25F3N4O3.C14H17F3N4O/c1-18(2,3)29-17(27)25(10-8-19(20,21)22)14-12-15(28-13-6-4-5-7-13)24-26-11-9-23-16(14)26;15-14(16,17)5-6-18-11-9-12(22-10-3-1-2-4-10)20-21-8-7-19-13(11)21/h9,11-13H,4-8,10H2,1-3H3;7-10,18H,1-6H2. The van der Waals surface area contributed by atoms with Gasteiger partial charge in [-0.3, -0.25) is 4.90 Å². The Labute approximate surface area is 290 Å². The van der Waals surface area contributed by atoms with Gasteiger partial charge in [-0.25, -0.2) is 23.8 Å². The Kier molecular flexibility index (Phi) is 11.7. The van der Waals surface area contributed by atoms with Crippen LogP contribution in [0.2, 0.25) is 0 Å². The third kappa shape index (κ3) is 11.2. The van der Waals surface area contributed by atoms with Gasteiger partial charge in [-0.2, -0.15) is 26.3 Å². The number of alkyl halides is 6. The van der Waals surface area contributed by atoms with Gasteiger partial charge in [0.25, 0.3) is 0 Å². The van der Waals surface area contributed by atoms with Gasteiger partial charge in [0.15, 0.2) is 11.3 Å². The molecule has 18 heteroatoms. The summed E-state index contributed by atoms with van der Waals surface area (Å²) in [6.45, 7) is 4.14. The molecule has 4 aromatic heterocycles. The van der Waals surface area contributed by atoms with Gasteiger partial charge in [0.2, 0.25) is 11.8 Å². The van der Waals surface area contributed by atoms with Gasteiger partial charge in [-0.05, 0) is 72.1 Å². The minimum Gasteiger partial charge on any atom is -0.473 e. The van der Waals surface area contributed by atoms with Crippen LogP contribution < -0.4 is 19.7 Å². The van der Waals surface area contributed by atoms with Crippen LogP contribution in [-0.2, 0) is 4.74 Å². The van der Waals surface area contributed by atoms with Crippen LogP contribution >= 0.6 is 0 Å². The average molecular weight is 729 g/mol. The fourth-order valence-corrected chi connectivity index (χ4v) is 5.77. The third-order valence-corrected chi connectivity index (χ3v) is 8.08. The van der Waals surface area contributed by atoms with Gasteiger partial charge < -0.3 is 19.5 Å². The maximum absolute atomic E-state index is 12.9. The number of nitrogens with one attached hydrogen (secondary N) is 1. The second-order valence-corrected chi connectivity index (χ2v) is 13.5. The first-order valence-electron chi connectivity index (χ1n) is 16.9. The van der Waals surface area contributed by atoms with Crippen molar-refractivity contribution in [2.75, 3.05) is 23.3 Å². The summed E-state index contributed by atoms with van der Waals surface area (Å²) in [6.07, 6.45) is 2.90. The van der Waals surface area contributed by atoms with E-state index >= 15 is 0 Å². The van der Waals surface area contributed by atoms with Crippen molar-refractivity contribution in [3.63, 3.8) is 0 Å². The molecule has 0 radical (unpaired) electrons. The summed E-state index contributed by atoms with van der Waals surface area (Å²) >= 11 is 0. The highest BCUT2D eigenvalue weighted by atomic mass is 19.4. The quantitative estimate of drug-likeness (QED) is 0.161. The zero-order chi connectivity index (χ0) is 36.8. The molecule has 6 rings (SSSR count). The smallest absolute Gasteiger partial charge is 0.414 e. The molecule has 12 nitrogen and oxygen atoms in total. The fraction of sp³-hybridized carbons (Fsp3) is 0.606. The molecule has 4 aromatic rings. The van der Waals surface area contributed by atoms with Crippen molar-refractivity contribution in [1.29, 1.82) is 0 Å². The molecule has 51 heavy (non-hydrogen) atoms. The molecule has 1 amide bonds. The summed E-state index contributed by atoms with van der Waals surface area (Å²) in [4.78, 5) is 21.9. The molecule has 280 valence electrons. The van der Waals surface area contributed by atoms with Crippen LogP contribution in [-0.4, -0.2) is 78.5 Å². The number of amides is 1. The van der Waals surface area contributed by atoms with Gasteiger partial charge >= 0.3 is 18.4 Å². The van der Waals surface area contributed by atoms with Crippen molar-refractivity contribution in [2.24, 2.45) is 0 Å². The molecule has 1 N–H and O–H groups in total. The molecule has 0 aromatic carbocycles. The largest absolute Gasteiger partial charge is 0.473 e. The minimum atomic E-state index is -4.43. The second kappa shape index (κ2) is 15.8. The molecule has 0 saturated heterocycles. The Hall–Kier alpha value is -4.51. The lowest BCUT2D eigenvalue weighted by molar-refractivity contribution is -0.132. The molecule has 0 unspecified atom stereocenters. The number of nitrogens with zero attached hydrogens (tertiary/aromatic N) is 7. The first-order chi connectivity index (χ1) is 24.0. The number of fused-ring (bicyclic) bond motifs is 2. The van der Waals surface area contributed by atoms with Crippen LogP contribution in [0.5, 0.6) is 11.8 Å². The lowest BCUT2D eigenvalue weighted by Crippen LogP contribution is -2.39. The van der Waals surface area contributed by atoms with E-state index in [4.69, 9.17) is 14.2 Å². The van der Waals surface area contributed by atoms with E-state index < -0.39 is 43.4 Å². The summed E-state index contributed by atoms with van der Waals surface area (Å²) in [6, 6.07) is 3.08. The zero-order valence-electron chi connectivity index (χ0n) is 28.6. The lowest BCUT2D eigenvalue weighted by Gasteiger charge is -2.28. The highest BCUT2D eigenvalue weighted by molar-refractivity contribution is 5.92. The first kappa shape index (κ1) is 37.7. The van der Waals surface area contributed by atoms with Gasteiger partial charge in [-0.15, -0.1) is 10.2 Å². The Bertz CT molecular complexity index is 1740. The number of carbonyl (C=O) groups is 1. The number of hydrogen-bond acceptors (Lipinski definition) is 9. The highest BCUT2D eigenvalue weighted by Gasteiger charge is 2.33. The van der Waals surface area contributed by atoms with Gasteiger partial charge in [0.05, 0.1) is 24.2 Å². The molecule has 0 spiro atoms. The van der Waals surface area contributed by atoms with E-state index in [0.717, 1.165) is 56.3 Å². The van der Waals surface area contributed by atoms with Crippen LogP contribution in [0, 0.1) is 0 Å². The predicted octanol–water partition coefficient (Wildman–Crippen LogP) is 8.16. The van der Waals surface area contributed by atoms with Crippen LogP contribution in [0.15, 0.2) is 36.9 Å². The SMILES string of the molecule is CC(C)(C)OC(=O)N(CCC(F)(F)F)c1cc(OC2CCCC2)nn2ccnc12.FC(F)(F)CCNc1cc(OC2CCCC2)nn2ccnc12. The number of anilines is 2. The predicted molar refractivity (Wildman–Crippen MR) is 175 cm³/mol. The van der Waals surface area contributed by atoms with Crippen molar-refractivity contribution in [2.45, 2.75) is 115 Å². The molecular formula is C33H42F6N8O4. The van der Waals surface area contributed by atoms with Crippen molar-refractivity contribution in [3.05, 3.63) is 36.9 Å². The van der Waals surface area contributed by atoms with Crippen LogP contribution in [0.4, 0.5) is 42.5 Å². The number of hydrogen-bond donors (Lipinski definition) is 1. The van der Waals surface area contributed by atoms with Crippen LogP contribution in [0.25, 0.3) is 11.3 Å². The molecule has 4 heterocycles. The van der Waals surface area contributed by atoms with E-state index in [1.807, 2.05) is 0 Å². The molecule has 2 aliphatic rings. The number of halogens is 6. The highest BCUT2D eigenvalue weighted by Crippen LogP contribution is 2.31.